The van der Waals surface area contributed by atoms with Gasteiger partial charge in [0.2, 0.25) is 0 Å². The summed E-state index contributed by atoms with van der Waals surface area (Å²) in [7, 11) is 0. The first-order valence-electron chi connectivity index (χ1n) is 12.7. The number of fused-ring (bicyclic) bond motifs is 3. The van der Waals surface area contributed by atoms with Gasteiger partial charge in [0.1, 0.15) is 13.2 Å². The molecular formula is C31H31NO5. The van der Waals surface area contributed by atoms with E-state index in [0.29, 0.717) is 26.0 Å². The predicted octanol–water partition coefficient (Wildman–Crippen LogP) is 5.71. The molecule has 0 unspecified atom stereocenters. The number of ether oxygens (including phenoxy) is 3. The molecule has 1 aliphatic heterocycles. The molecule has 1 amide bonds. The maximum atomic E-state index is 13.4. The zero-order valence-corrected chi connectivity index (χ0v) is 20.8. The van der Waals surface area contributed by atoms with Crippen LogP contribution in [0.5, 0.6) is 0 Å². The van der Waals surface area contributed by atoms with Gasteiger partial charge in [-0.2, -0.15) is 0 Å². The normalized spacial score (nSPS) is 18.5. The molecule has 1 aliphatic carbocycles. The number of carbonyl (C=O) groups is 2. The van der Waals surface area contributed by atoms with Gasteiger partial charge in [0.05, 0.1) is 12.7 Å². The van der Waals surface area contributed by atoms with Gasteiger partial charge in [-0.3, -0.25) is 4.90 Å². The Morgan fingerprint density at radius 3 is 2.22 bits per heavy atom. The molecule has 1 saturated heterocycles. The average molecular weight is 498 g/mol. The number of carbonyl (C=O) groups excluding carboxylic acids is 2. The summed E-state index contributed by atoms with van der Waals surface area (Å²) in [4.78, 5) is 28.0. The third-order valence-electron chi connectivity index (χ3n) is 7.04. The molecule has 3 aromatic carbocycles. The van der Waals surface area contributed by atoms with Crippen LogP contribution in [-0.2, 0) is 25.6 Å². The van der Waals surface area contributed by atoms with E-state index < -0.39 is 24.2 Å². The summed E-state index contributed by atoms with van der Waals surface area (Å²) in [5, 5.41) is 0. The monoisotopic (exact) mass is 497 g/mol. The zero-order valence-electron chi connectivity index (χ0n) is 20.8. The fourth-order valence-electron chi connectivity index (χ4n) is 5.30. The molecule has 6 heteroatoms. The van der Waals surface area contributed by atoms with Crippen molar-refractivity contribution in [3.63, 3.8) is 0 Å². The molecule has 0 N–H and O–H groups in total. The quantitative estimate of drug-likeness (QED) is 0.294. The Kier molecular flexibility index (Phi) is 7.66. The van der Waals surface area contributed by atoms with Gasteiger partial charge in [0.15, 0.2) is 6.04 Å². The highest BCUT2D eigenvalue weighted by molar-refractivity contribution is 5.83. The van der Waals surface area contributed by atoms with Crippen molar-refractivity contribution in [3.8, 4) is 11.1 Å². The number of amides is 1. The summed E-state index contributed by atoms with van der Waals surface area (Å²) >= 11 is 0. The standard InChI is InChI=1S/C31H31NO5/c1-2-19-35-30(33)29-28(36-20-22-11-4-3-5-12-22)17-10-18-32(29)31(34)37-21-27-25-15-8-6-13-23(25)24-14-7-9-16-26(24)27/h2-9,11-16,27-29H,1,10,17-21H2/t28-,29+/m1/s1. The minimum atomic E-state index is -0.881. The van der Waals surface area contributed by atoms with E-state index in [0.717, 1.165) is 27.8 Å². The second-order valence-corrected chi connectivity index (χ2v) is 9.34. The molecule has 1 fully saturated rings. The van der Waals surface area contributed by atoms with Crippen molar-refractivity contribution in [2.45, 2.75) is 37.5 Å². The van der Waals surface area contributed by atoms with Gasteiger partial charge in [-0.25, -0.2) is 9.59 Å². The molecule has 0 saturated carbocycles. The highest BCUT2D eigenvalue weighted by atomic mass is 16.6. The molecule has 2 atom stereocenters. The van der Waals surface area contributed by atoms with Crippen molar-refractivity contribution in [2.75, 3.05) is 19.8 Å². The third kappa shape index (κ3) is 5.30. The summed E-state index contributed by atoms with van der Waals surface area (Å²) in [5.41, 5.74) is 5.61. The van der Waals surface area contributed by atoms with Crippen molar-refractivity contribution in [3.05, 3.63) is 108 Å². The predicted molar refractivity (Wildman–Crippen MR) is 141 cm³/mol. The van der Waals surface area contributed by atoms with Crippen LogP contribution in [0.1, 0.15) is 35.4 Å². The maximum absolute atomic E-state index is 13.4. The lowest BCUT2D eigenvalue weighted by Gasteiger charge is -2.38. The number of hydrogen-bond acceptors (Lipinski definition) is 5. The Morgan fingerprint density at radius 2 is 1.54 bits per heavy atom. The molecule has 0 spiro atoms. The topological polar surface area (TPSA) is 65.1 Å². The highest BCUT2D eigenvalue weighted by Crippen LogP contribution is 2.44. The summed E-state index contributed by atoms with van der Waals surface area (Å²) in [5.74, 6) is -0.566. The van der Waals surface area contributed by atoms with Crippen LogP contribution in [0.3, 0.4) is 0 Å². The lowest BCUT2D eigenvalue weighted by molar-refractivity contribution is -0.158. The molecule has 6 nitrogen and oxygen atoms in total. The second-order valence-electron chi connectivity index (χ2n) is 9.34. The molecule has 3 aromatic rings. The molecule has 2 aliphatic rings. The van der Waals surface area contributed by atoms with E-state index in [-0.39, 0.29) is 19.1 Å². The SMILES string of the molecule is C=CCOC(=O)[C@@H]1[C@H](OCc2ccccc2)CCCN1C(=O)OCC1c2ccccc2-c2ccccc21. The highest BCUT2D eigenvalue weighted by Gasteiger charge is 2.42. The number of benzene rings is 3. The third-order valence-corrected chi connectivity index (χ3v) is 7.04. The van der Waals surface area contributed by atoms with Crippen LogP contribution >= 0.6 is 0 Å². The van der Waals surface area contributed by atoms with Gasteiger partial charge < -0.3 is 14.2 Å². The maximum Gasteiger partial charge on any atom is 0.410 e. The number of likely N-dealkylation sites (tertiary alicyclic amines) is 1. The van der Waals surface area contributed by atoms with Crippen molar-refractivity contribution < 1.29 is 23.8 Å². The first-order chi connectivity index (χ1) is 18.2. The van der Waals surface area contributed by atoms with Gasteiger partial charge in [-0.1, -0.05) is 91.5 Å². The Labute approximate surface area is 217 Å². The minimum absolute atomic E-state index is 0.0579. The first kappa shape index (κ1) is 24.8. The van der Waals surface area contributed by atoms with Crippen LogP contribution < -0.4 is 0 Å². The van der Waals surface area contributed by atoms with Gasteiger partial charge in [0, 0.05) is 12.5 Å². The van der Waals surface area contributed by atoms with Crippen LogP contribution in [0.25, 0.3) is 11.1 Å². The fourth-order valence-corrected chi connectivity index (χ4v) is 5.30. The summed E-state index contributed by atoms with van der Waals surface area (Å²) in [6, 6.07) is 25.3. The molecule has 37 heavy (non-hydrogen) atoms. The van der Waals surface area contributed by atoms with Crippen LogP contribution in [0.2, 0.25) is 0 Å². The molecule has 0 radical (unpaired) electrons. The van der Waals surface area contributed by atoms with Crippen LogP contribution in [0.15, 0.2) is 91.5 Å². The number of esters is 1. The number of rotatable bonds is 8. The van der Waals surface area contributed by atoms with Gasteiger partial charge in [-0.05, 0) is 40.7 Å². The first-order valence-corrected chi connectivity index (χ1v) is 12.7. The number of piperidine rings is 1. The average Bonchev–Trinajstić information content (AvgIpc) is 3.27. The molecular weight excluding hydrogens is 466 g/mol. The Balaban J connectivity index is 1.31. The Morgan fingerprint density at radius 1 is 0.892 bits per heavy atom. The molecule has 0 bridgehead atoms. The van der Waals surface area contributed by atoms with E-state index in [1.165, 1.54) is 11.0 Å². The molecule has 1 heterocycles. The Bertz CT molecular complexity index is 1210. The number of hydrogen-bond donors (Lipinski definition) is 0. The molecule has 190 valence electrons. The van der Waals surface area contributed by atoms with Gasteiger partial charge >= 0.3 is 12.1 Å². The largest absolute Gasteiger partial charge is 0.460 e. The summed E-state index contributed by atoms with van der Waals surface area (Å²) in [6.45, 7) is 4.62. The number of nitrogens with zero attached hydrogens (tertiary/aromatic N) is 1. The Hall–Kier alpha value is -3.90. The van der Waals surface area contributed by atoms with E-state index in [4.69, 9.17) is 14.2 Å². The van der Waals surface area contributed by atoms with Gasteiger partial charge in [0.25, 0.3) is 0 Å². The lowest BCUT2D eigenvalue weighted by atomic mass is 9.98. The van der Waals surface area contributed by atoms with Crippen LogP contribution in [-0.4, -0.2) is 48.9 Å². The zero-order chi connectivity index (χ0) is 25.6. The van der Waals surface area contributed by atoms with Crippen LogP contribution in [0, 0.1) is 0 Å². The summed E-state index contributed by atoms with van der Waals surface area (Å²) < 4.78 is 17.4. The van der Waals surface area contributed by atoms with Crippen molar-refractivity contribution >= 4 is 12.1 Å². The molecule has 5 rings (SSSR count). The van der Waals surface area contributed by atoms with Crippen LogP contribution in [0.4, 0.5) is 4.79 Å². The van der Waals surface area contributed by atoms with Crippen molar-refractivity contribution in [1.29, 1.82) is 0 Å². The van der Waals surface area contributed by atoms with E-state index in [1.807, 2.05) is 54.6 Å². The lowest BCUT2D eigenvalue weighted by Crippen LogP contribution is -2.56. The van der Waals surface area contributed by atoms with Crippen molar-refractivity contribution in [2.24, 2.45) is 0 Å². The smallest absolute Gasteiger partial charge is 0.410 e. The van der Waals surface area contributed by atoms with Gasteiger partial charge in [-0.15, -0.1) is 0 Å². The fraction of sp³-hybridized carbons (Fsp3) is 0.290. The summed E-state index contributed by atoms with van der Waals surface area (Å²) in [6.07, 6.45) is 1.84. The van der Waals surface area contributed by atoms with Crippen molar-refractivity contribution in [1.82, 2.24) is 4.90 Å². The minimum Gasteiger partial charge on any atom is -0.460 e. The van der Waals surface area contributed by atoms with E-state index in [2.05, 4.69) is 30.8 Å². The van der Waals surface area contributed by atoms with E-state index in [9.17, 15) is 9.59 Å². The molecule has 0 aromatic heterocycles. The second kappa shape index (κ2) is 11.4. The van der Waals surface area contributed by atoms with E-state index in [1.54, 1.807) is 0 Å². The van der Waals surface area contributed by atoms with E-state index >= 15 is 0 Å².